The summed E-state index contributed by atoms with van der Waals surface area (Å²) in [4.78, 5) is 14.1. The molecule has 0 fully saturated rings. The summed E-state index contributed by atoms with van der Waals surface area (Å²) < 4.78 is 2.91. The number of imidazole rings is 1. The van der Waals surface area contributed by atoms with Gasteiger partial charge < -0.3 is 10.3 Å². The number of aliphatic carboxylic acids is 1. The van der Waals surface area contributed by atoms with Crippen molar-refractivity contribution < 1.29 is 24.7 Å². The molecular formula is C14H19N3O3+2. The molecule has 0 aliphatic carbocycles. The Kier molecular flexibility index (Phi) is 3.74. The fraction of sp³-hybridized carbons (Fsp3) is 0.357. The van der Waals surface area contributed by atoms with Crippen LogP contribution in [0, 0.1) is 13.8 Å². The Morgan fingerprint density at radius 1 is 1.50 bits per heavy atom. The van der Waals surface area contributed by atoms with Crippen molar-refractivity contribution in [1.82, 2.24) is 4.73 Å². The number of pyridine rings is 1. The minimum Gasteiger partial charge on any atom is -0.481 e. The number of nitrogens with one attached hydrogen (secondary N) is 1. The van der Waals surface area contributed by atoms with Crippen molar-refractivity contribution in [3.05, 3.63) is 47.3 Å². The zero-order chi connectivity index (χ0) is 14.9. The Bertz CT molecular complexity index is 609. The Balaban J connectivity index is 2.59. The van der Waals surface area contributed by atoms with E-state index in [1.807, 2.05) is 30.7 Å². The Morgan fingerprint density at radius 3 is 2.65 bits per heavy atom. The van der Waals surface area contributed by atoms with E-state index >= 15 is 0 Å². The molecule has 0 radical (unpaired) electrons. The number of carbonyl (C=O) groups is 1. The molecule has 0 aromatic carbocycles. The molecule has 3 N–H and O–H groups in total. The number of H-pyrrole nitrogens is 1. The highest BCUT2D eigenvalue weighted by Gasteiger charge is 2.34. The fourth-order valence-corrected chi connectivity index (χ4v) is 2.42. The maximum absolute atomic E-state index is 11.2. The third-order valence-electron chi connectivity index (χ3n) is 3.73. The van der Waals surface area contributed by atoms with Crippen LogP contribution in [0.3, 0.4) is 0 Å². The average Bonchev–Trinajstić information content (AvgIpc) is 2.62. The first-order chi connectivity index (χ1) is 9.43. The fourth-order valence-electron chi connectivity index (χ4n) is 2.42. The van der Waals surface area contributed by atoms with Crippen LogP contribution in [-0.2, 0) is 11.8 Å². The van der Waals surface area contributed by atoms with E-state index in [-0.39, 0.29) is 6.42 Å². The van der Waals surface area contributed by atoms with E-state index in [0.717, 1.165) is 16.0 Å². The van der Waals surface area contributed by atoms with Crippen molar-refractivity contribution in [2.45, 2.75) is 26.2 Å². The molecule has 0 amide bonds. The minimum atomic E-state index is -0.907. The predicted octanol–water partition coefficient (Wildman–Crippen LogP) is 0.587. The molecule has 0 saturated heterocycles. The second-order valence-electron chi connectivity index (χ2n) is 4.89. The summed E-state index contributed by atoms with van der Waals surface area (Å²) in [6, 6.07) is 3.66. The molecular weight excluding hydrogens is 258 g/mol. The zero-order valence-electron chi connectivity index (χ0n) is 11.8. The summed E-state index contributed by atoms with van der Waals surface area (Å²) >= 11 is 0. The van der Waals surface area contributed by atoms with E-state index in [0.29, 0.717) is 11.5 Å². The second-order valence-corrected chi connectivity index (χ2v) is 4.89. The van der Waals surface area contributed by atoms with E-state index in [1.54, 1.807) is 19.3 Å². The lowest BCUT2D eigenvalue weighted by atomic mass is 9.96. The highest BCUT2D eigenvalue weighted by Crippen LogP contribution is 2.26. The number of hydrogen-bond donors (Lipinski definition) is 2. The lowest BCUT2D eigenvalue weighted by Crippen LogP contribution is -2.37. The van der Waals surface area contributed by atoms with Gasteiger partial charge in [0, 0.05) is 25.5 Å². The van der Waals surface area contributed by atoms with Gasteiger partial charge in [0.15, 0.2) is 18.1 Å². The summed E-state index contributed by atoms with van der Waals surface area (Å²) in [5.41, 5.74) is 2.42. The third kappa shape index (κ3) is 2.36. The van der Waals surface area contributed by atoms with Crippen LogP contribution in [0.15, 0.2) is 24.5 Å². The summed E-state index contributed by atoms with van der Waals surface area (Å²) in [5.74, 6) is -0.773. The van der Waals surface area contributed by atoms with E-state index < -0.39 is 11.9 Å². The van der Waals surface area contributed by atoms with Crippen molar-refractivity contribution in [3.8, 4) is 0 Å². The summed E-state index contributed by atoms with van der Waals surface area (Å²) in [6.45, 7) is 3.69. The molecule has 0 aliphatic rings. The first-order valence-electron chi connectivity index (χ1n) is 6.38. The summed E-state index contributed by atoms with van der Waals surface area (Å²) in [6.07, 6.45) is 3.43. The predicted molar refractivity (Wildman–Crippen MR) is 69.4 cm³/mol. The van der Waals surface area contributed by atoms with Gasteiger partial charge in [-0.3, -0.25) is 4.79 Å². The van der Waals surface area contributed by atoms with Crippen LogP contribution in [0.4, 0.5) is 0 Å². The first-order valence-corrected chi connectivity index (χ1v) is 6.38. The molecule has 6 heteroatoms. The van der Waals surface area contributed by atoms with Gasteiger partial charge in [-0.25, -0.2) is 9.55 Å². The standard InChI is InChI=1S/C14H17N3O3/c1-9-10(2)17(20)14(16(9)3)12(7-13(18)19)11-5-4-6-15-8-11/h4-6,8,12H,7H2,1-3H3,(H-,18,19,20)/p+2. The molecule has 0 spiro atoms. The summed E-state index contributed by atoms with van der Waals surface area (Å²) in [7, 11) is 1.83. The maximum atomic E-state index is 11.2. The number of carboxylic acids is 1. The monoisotopic (exact) mass is 277 g/mol. The highest BCUT2D eigenvalue weighted by molar-refractivity contribution is 5.68. The molecule has 1 atom stereocenters. The van der Waals surface area contributed by atoms with E-state index in [1.165, 1.54) is 0 Å². The van der Waals surface area contributed by atoms with E-state index in [2.05, 4.69) is 4.98 Å². The smallest absolute Gasteiger partial charge is 0.304 e. The molecule has 2 aromatic heterocycles. The SMILES string of the molecule is Cc1c(C)[n+](C)c(C(CC(=O)O)c2ccc[nH+]c2)n1O. The topological polar surface area (TPSA) is 80.5 Å². The number of aromatic nitrogens is 3. The van der Waals surface area contributed by atoms with E-state index in [9.17, 15) is 10.0 Å². The normalized spacial score (nSPS) is 12.3. The van der Waals surface area contributed by atoms with Crippen molar-refractivity contribution in [3.63, 3.8) is 0 Å². The molecule has 0 saturated carbocycles. The van der Waals surface area contributed by atoms with Gasteiger partial charge in [0.05, 0.1) is 13.5 Å². The van der Waals surface area contributed by atoms with Crippen LogP contribution in [0.5, 0.6) is 0 Å². The molecule has 2 aromatic rings. The number of hydrogen-bond acceptors (Lipinski definition) is 2. The molecule has 1 unspecified atom stereocenters. The average molecular weight is 277 g/mol. The number of nitrogens with zero attached hydrogens (tertiary/aromatic N) is 2. The van der Waals surface area contributed by atoms with Gasteiger partial charge in [-0.15, -0.1) is 0 Å². The second kappa shape index (κ2) is 5.32. The molecule has 0 bridgehead atoms. The Morgan fingerprint density at radius 2 is 2.20 bits per heavy atom. The molecule has 2 heterocycles. The Hall–Kier alpha value is -2.37. The van der Waals surface area contributed by atoms with Crippen LogP contribution in [0.25, 0.3) is 0 Å². The number of carboxylic acid groups (broad SMARTS) is 1. The van der Waals surface area contributed by atoms with Crippen LogP contribution in [0.1, 0.15) is 35.1 Å². The van der Waals surface area contributed by atoms with Gasteiger partial charge in [0.1, 0.15) is 11.6 Å². The third-order valence-corrected chi connectivity index (χ3v) is 3.73. The van der Waals surface area contributed by atoms with Gasteiger partial charge >= 0.3 is 11.8 Å². The van der Waals surface area contributed by atoms with Gasteiger partial charge in [0.2, 0.25) is 0 Å². The van der Waals surface area contributed by atoms with Crippen LogP contribution in [0.2, 0.25) is 0 Å². The van der Waals surface area contributed by atoms with E-state index in [4.69, 9.17) is 5.11 Å². The molecule has 2 rings (SSSR count). The van der Waals surface area contributed by atoms with Gasteiger partial charge in [-0.1, -0.05) is 0 Å². The quantitative estimate of drug-likeness (QED) is 0.634. The van der Waals surface area contributed by atoms with Gasteiger partial charge in [0.25, 0.3) is 0 Å². The maximum Gasteiger partial charge on any atom is 0.304 e. The van der Waals surface area contributed by atoms with Gasteiger partial charge in [-0.2, -0.15) is 0 Å². The summed E-state index contributed by atoms with van der Waals surface area (Å²) in [5, 5.41) is 19.4. The molecule has 0 aliphatic heterocycles. The molecule has 106 valence electrons. The van der Waals surface area contributed by atoms with Crippen molar-refractivity contribution in [2.75, 3.05) is 0 Å². The van der Waals surface area contributed by atoms with Crippen molar-refractivity contribution >= 4 is 5.97 Å². The van der Waals surface area contributed by atoms with Crippen molar-refractivity contribution in [1.29, 1.82) is 0 Å². The molecule has 20 heavy (non-hydrogen) atoms. The number of rotatable bonds is 4. The van der Waals surface area contributed by atoms with Crippen LogP contribution in [-0.4, -0.2) is 21.0 Å². The minimum absolute atomic E-state index is 0.0881. The zero-order valence-corrected chi connectivity index (χ0v) is 11.8. The first kappa shape index (κ1) is 14.0. The lowest BCUT2D eigenvalue weighted by Gasteiger charge is -2.10. The Labute approximate surface area is 116 Å². The van der Waals surface area contributed by atoms with Crippen LogP contribution >= 0.6 is 0 Å². The highest BCUT2D eigenvalue weighted by atomic mass is 16.5. The van der Waals surface area contributed by atoms with Crippen molar-refractivity contribution in [2.24, 2.45) is 7.05 Å². The molecule has 6 nitrogen and oxygen atoms in total. The van der Waals surface area contributed by atoms with Gasteiger partial charge in [-0.05, 0) is 10.8 Å². The lowest BCUT2D eigenvalue weighted by molar-refractivity contribution is -0.687. The number of aromatic amines is 1. The largest absolute Gasteiger partial charge is 0.481 e. The van der Waals surface area contributed by atoms with Crippen LogP contribution < -0.4 is 9.55 Å².